The molecule has 0 saturated heterocycles. The lowest BCUT2D eigenvalue weighted by Gasteiger charge is -2.37. The summed E-state index contributed by atoms with van der Waals surface area (Å²) in [6.45, 7) is 8.44. The Morgan fingerprint density at radius 2 is 2.27 bits per heavy atom. The van der Waals surface area contributed by atoms with Crippen molar-refractivity contribution in [3.63, 3.8) is 0 Å². The van der Waals surface area contributed by atoms with Gasteiger partial charge in [0.2, 0.25) is 0 Å². The van der Waals surface area contributed by atoms with Gasteiger partial charge in [0.1, 0.15) is 8.24 Å². The van der Waals surface area contributed by atoms with Crippen LogP contribution >= 0.6 is 11.8 Å². The van der Waals surface area contributed by atoms with Crippen molar-refractivity contribution in [2.24, 2.45) is 0 Å². The van der Waals surface area contributed by atoms with Crippen LogP contribution in [0.1, 0.15) is 6.92 Å². The van der Waals surface area contributed by atoms with E-state index in [0.29, 0.717) is 0 Å². The van der Waals surface area contributed by atoms with Crippen LogP contribution in [-0.4, -0.2) is 25.1 Å². The Morgan fingerprint density at radius 3 is 2.73 bits per heavy atom. The van der Waals surface area contributed by atoms with E-state index in [1.54, 1.807) is 0 Å². The molecule has 11 heavy (non-hydrogen) atoms. The minimum absolute atomic E-state index is 1.04. The van der Waals surface area contributed by atoms with Crippen molar-refractivity contribution in [3.8, 4) is 0 Å². The van der Waals surface area contributed by atoms with Gasteiger partial charge in [0.05, 0.1) is 0 Å². The molecule has 1 heterocycles. The molecule has 0 aliphatic carbocycles. The van der Waals surface area contributed by atoms with Crippen LogP contribution in [0.15, 0.2) is 11.6 Å². The molecule has 1 aliphatic rings. The van der Waals surface area contributed by atoms with Crippen molar-refractivity contribution < 1.29 is 0 Å². The van der Waals surface area contributed by atoms with Gasteiger partial charge in [-0.25, -0.2) is 0 Å². The van der Waals surface area contributed by atoms with Crippen LogP contribution < -0.4 is 0 Å². The van der Waals surface area contributed by atoms with E-state index in [0.717, 1.165) is 0 Å². The van der Waals surface area contributed by atoms with Gasteiger partial charge in [0.15, 0.2) is 0 Å². The molecule has 0 bridgehead atoms. The Bertz CT molecular complexity index is 156. The number of hydrogen-bond acceptors (Lipinski definition) is 2. The summed E-state index contributed by atoms with van der Waals surface area (Å²) in [6, 6.07) is 1.35. The van der Waals surface area contributed by atoms with Gasteiger partial charge in [0.25, 0.3) is 0 Å². The molecular weight excluding hydrogens is 170 g/mol. The van der Waals surface area contributed by atoms with Crippen LogP contribution in [0.3, 0.4) is 0 Å². The molecule has 1 nitrogen and oxygen atoms in total. The van der Waals surface area contributed by atoms with E-state index in [1.165, 1.54) is 18.3 Å². The minimum atomic E-state index is -1.04. The molecule has 0 N–H and O–H groups in total. The molecule has 0 atom stereocenters. The Kier molecular flexibility index (Phi) is 3.07. The number of hydrogen-bond donors (Lipinski definition) is 0. The molecule has 0 spiro atoms. The van der Waals surface area contributed by atoms with Gasteiger partial charge in [0, 0.05) is 12.3 Å². The minimum Gasteiger partial charge on any atom is -0.402 e. The van der Waals surface area contributed by atoms with Gasteiger partial charge in [-0.2, -0.15) is 0 Å². The molecule has 0 aromatic heterocycles. The highest BCUT2D eigenvalue weighted by molar-refractivity contribution is 8.02. The fourth-order valence-corrected chi connectivity index (χ4v) is 3.66. The van der Waals surface area contributed by atoms with Crippen LogP contribution in [0.4, 0.5) is 0 Å². The van der Waals surface area contributed by atoms with Gasteiger partial charge in [-0.1, -0.05) is 20.0 Å². The molecule has 0 fully saturated rings. The molecule has 0 aromatic carbocycles. The summed E-state index contributed by atoms with van der Waals surface area (Å²) in [4.78, 5) is 0. The summed E-state index contributed by atoms with van der Waals surface area (Å²) >= 11 is 1.93. The molecule has 0 amide bonds. The van der Waals surface area contributed by atoms with Crippen LogP contribution in [0, 0.1) is 0 Å². The lowest BCUT2D eigenvalue weighted by Crippen LogP contribution is -2.46. The molecule has 3 heteroatoms. The second-order valence-corrected chi connectivity index (χ2v) is 9.44. The number of thioether (sulfide) groups is 1. The molecule has 0 aromatic rings. The fraction of sp³-hybridized carbons (Fsp3) is 0.750. The predicted octanol–water partition coefficient (Wildman–Crippen LogP) is 2.73. The van der Waals surface area contributed by atoms with Crippen molar-refractivity contribution in [2.75, 3.05) is 12.3 Å². The molecule has 1 rings (SSSR count). The van der Waals surface area contributed by atoms with E-state index in [9.17, 15) is 0 Å². The summed E-state index contributed by atoms with van der Waals surface area (Å²) in [5.74, 6) is 1.27. The van der Waals surface area contributed by atoms with Crippen LogP contribution in [-0.2, 0) is 0 Å². The molecule has 0 unspecified atom stereocenters. The van der Waals surface area contributed by atoms with Gasteiger partial charge in [-0.05, 0) is 17.7 Å². The van der Waals surface area contributed by atoms with E-state index < -0.39 is 8.24 Å². The van der Waals surface area contributed by atoms with Crippen LogP contribution in [0.25, 0.3) is 0 Å². The highest BCUT2D eigenvalue weighted by Gasteiger charge is 2.25. The second-order valence-electron chi connectivity index (χ2n) is 3.52. The topological polar surface area (TPSA) is 3.24 Å². The third-order valence-corrected chi connectivity index (χ3v) is 6.82. The van der Waals surface area contributed by atoms with Crippen LogP contribution in [0.5, 0.6) is 0 Å². The Balaban J connectivity index is 2.57. The third kappa shape index (κ3) is 2.27. The van der Waals surface area contributed by atoms with Gasteiger partial charge < -0.3 is 4.57 Å². The first kappa shape index (κ1) is 9.20. The summed E-state index contributed by atoms with van der Waals surface area (Å²) < 4.78 is 2.57. The molecule has 0 saturated carbocycles. The maximum atomic E-state index is 2.57. The first-order chi connectivity index (χ1) is 5.17. The number of nitrogens with zero attached hydrogens (tertiary/aromatic N) is 1. The Morgan fingerprint density at radius 1 is 1.55 bits per heavy atom. The van der Waals surface area contributed by atoms with E-state index in [4.69, 9.17) is 0 Å². The number of rotatable bonds is 2. The van der Waals surface area contributed by atoms with E-state index in [2.05, 4.69) is 36.2 Å². The Labute approximate surface area is 74.9 Å². The van der Waals surface area contributed by atoms with E-state index in [1.807, 2.05) is 11.8 Å². The van der Waals surface area contributed by atoms with Crippen molar-refractivity contribution >= 4 is 20.0 Å². The summed E-state index contributed by atoms with van der Waals surface area (Å²) in [5.41, 5.74) is 0. The summed E-state index contributed by atoms with van der Waals surface area (Å²) in [5, 5.41) is 2.23. The quantitative estimate of drug-likeness (QED) is 0.612. The third-order valence-electron chi connectivity index (χ3n) is 2.43. The first-order valence-electron chi connectivity index (χ1n) is 4.22. The molecular formula is C8H17NSSi. The average molecular weight is 187 g/mol. The lowest BCUT2D eigenvalue weighted by atomic mass is 10.7. The highest BCUT2D eigenvalue weighted by Crippen LogP contribution is 2.20. The highest BCUT2D eigenvalue weighted by atomic mass is 32.2. The standard InChI is InChI=1S/C8H17NSSi/c1-4-11(2,3)9-5-7-10-8-6-9/h5,7H,4,6,8H2,1-3H3. The Hall–Kier alpha value is 0.107. The predicted molar refractivity (Wildman–Crippen MR) is 56.3 cm³/mol. The maximum Gasteiger partial charge on any atom is 0.149 e. The van der Waals surface area contributed by atoms with E-state index in [-0.39, 0.29) is 0 Å². The van der Waals surface area contributed by atoms with Gasteiger partial charge >= 0.3 is 0 Å². The van der Waals surface area contributed by atoms with Crippen LogP contribution in [0.2, 0.25) is 19.1 Å². The van der Waals surface area contributed by atoms with Gasteiger partial charge in [-0.3, -0.25) is 0 Å². The average Bonchev–Trinajstić information content (AvgIpc) is 2.06. The zero-order valence-electron chi connectivity index (χ0n) is 7.63. The normalized spacial score (nSPS) is 19.0. The van der Waals surface area contributed by atoms with E-state index >= 15 is 0 Å². The smallest absolute Gasteiger partial charge is 0.149 e. The molecule has 0 radical (unpaired) electrons. The zero-order chi connectivity index (χ0) is 8.32. The van der Waals surface area contributed by atoms with Crippen molar-refractivity contribution in [2.45, 2.75) is 26.1 Å². The summed E-state index contributed by atoms with van der Waals surface area (Å²) in [6.07, 6.45) is 2.28. The second kappa shape index (κ2) is 3.67. The first-order valence-corrected chi connectivity index (χ1v) is 8.42. The van der Waals surface area contributed by atoms with Crippen molar-refractivity contribution in [3.05, 3.63) is 11.6 Å². The summed E-state index contributed by atoms with van der Waals surface area (Å²) in [7, 11) is -1.04. The lowest BCUT2D eigenvalue weighted by molar-refractivity contribution is 0.589. The monoisotopic (exact) mass is 187 g/mol. The SMILES string of the molecule is CC[Si](C)(C)N1C=CSCC1. The molecule has 1 aliphatic heterocycles. The maximum absolute atomic E-state index is 2.57. The fourth-order valence-electron chi connectivity index (χ4n) is 1.12. The molecule has 64 valence electrons. The van der Waals surface area contributed by atoms with Gasteiger partial charge in [-0.15, -0.1) is 11.8 Å². The largest absolute Gasteiger partial charge is 0.402 e. The van der Waals surface area contributed by atoms with Crippen molar-refractivity contribution in [1.82, 2.24) is 4.57 Å². The zero-order valence-corrected chi connectivity index (χ0v) is 9.45. The van der Waals surface area contributed by atoms with Crippen molar-refractivity contribution in [1.29, 1.82) is 0 Å².